The highest BCUT2D eigenvalue weighted by Gasteiger charge is 2.65. The molecule has 0 spiro atoms. The molecule has 0 radical (unpaired) electrons. The Morgan fingerprint density at radius 1 is 1.27 bits per heavy atom. The summed E-state index contributed by atoms with van der Waals surface area (Å²) >= 11 is 0. The van der Waals surface area contributed by atoms with E-state index < -0.39 is 0 Å². The van der Waals surface area contributed by atoms with Gasteiger partial charge in [0.25, 0.3) is 0 Å². The van der Waals surface area contributed by atoms with Crippen molar-refractivity contribution in [2.75, 3.05) is 11.1 Å². The van der Waals surface area contributed by atoms with E-state index in [1.807, 2.05) is 0 Å². The first-order valence-corrected chi connectivity index (χ1v) is 5.21. The fourth-order valence-electron chi connectivity index (χ4n) is 2.13. The quantitative estimate of drug-likeness (QED) is 0.775. The van der Waals surface area contributed by atoms with Crippen LogP contribution in [0.4, 0.5) is 11.8 Å². The maximum absolute atomic E-state index is 5.60. The minimum Gasteiger partial charge on any atom is -0.384 e. The van der Waals surface area contributed by atoms with Crippen molar-refractivity contribution in [1.29, 1.82) is 0 Å². The molecular weight excluding hydrogens is 188 g/mol. The van der Waals surface area contributed by atoms with Crippen LogP contribution >= 0.6 is 0 Å². The van der Waals surface area contributed by atoms with E-state index in [-0.39, 0.29) is 10.8 Å². The minimum absolute atomic E-state index is 0.279. The number of hydrogen-bond acceptors (Lipinski definition) is 4. The Balaban J connectivity index is 2.12. The zero-order chi connectivity index (χ0) is 11.3. The van der Waals surface area contributed by atoms with E-state index in [9.17, 15) is 0 Å². The number of nitrogens with zero attached hydrogens (tertiary/aromatic N) is 2. The van der Waals surface area contributed by atoms with Gasteiger partial charge >= 0.3 is 0 Å². The molecule has 82 valence electrons. The average molecular weight is 206 g/mol. The van der Waals surface area contributed by atoms with Crippen LogP contribution in [0.3, 0.4) is 0 Å². The third-order valence-electron chi connectivity index (χ3n) is 3.97. The Hall–Kier alpha value is -1.32. The molecule has 0 atom stereocenters. The second-order valence-corrected chi connectivity index (χ2v) is 5.33. The third kappa shape index (κ3) is 1.44. The number of nitrogens with one attached hydrogen (secondary N) is 1. The van der Waals surface area contributed by atoms with Crippen LogP contribution in [0.2, 0.25) is 0 Å². The lowest BCUT2D eigenvalue weighted by Gasteiger charge is -2.06. The molecule has 1 aromatic rings. The van der Waals surface area contributed by atoms with E-state index in [0.717, 1.165) is 0 Å². The number of hydrogen-bond donors (Lipinski definition) is 2. The van der Waals surface area contributed by atoms with Gasteiger partial charge in [-0.15, -0.1) is 0 Å². The van der Waals surface area contributed by atoms with Crippen LogP contribution in [-0.2, 0) is 0 Å². The van der Waals surface area contributed by atoms with Gasteiger partial charge in [0, 0.05) is 12.2 Å². The lowest BCUT2D eigenvalue weighted by molar-refractivity contribution is 0.457. The summed E-state index contributed by atoms with van der Waals surface area (Å²) in [4.78, 5) is 8.29. The first-order valence-electron chi connectivity index (χ1n) is 5.21. The van der Waals surface area contributed by atoms with Crippen LogP contribution in [0, 0.1) is 10.8 Å². The molecule has 3 N–H and O–H groups in total. The van der Waals surface area contributed by atoms with E-state index in [4.69, 9.17) is 5.73 Å². The lowest BCUT2D eigenvalue weighted by atomic mass is 10.0. The highest BCUT2D eigenvalue weighted by Crippen LogP contribution is 2.63. The molecular formula is C11H18N4. The van der Waals surface area contributed by atoms with Gasteiger partial charge in [-0.3, -0.25) is 0 Å². The molecule has 1 aliphatic rings. The standard InChI is InChI=1S/C11H18N4/c1-10(2)8(11(10,3)4)15-9-13-6-5-7(12)14-9/h5-6,8H,1-4H3,(H3,12,13,14,15). The summed E-state index contributed by atoms with van der Waals surface area (Å²) in [7, 11) is 0. The van der Waals surface area contributed by atoms with Crippen LogP contribution < -0.4 is 11.1 Å². The highest BCUT2D eigenvalue weighted by molar-refractivity contribution is 5.40. The van der Waals surface area contributed by atoms with Crippen molar-refractivity contribution in [2.24, 2.45) is 10.8 Å². The largest absolute Gasteiger partial charge is 0.384 e. The van der Waals surface area contributed by atoms with Crippen LogP contribution in [0.15, 0.2) is 12.3 Å². The molecule has 4 nitrogen and oxygen atoms in total. The summed E-state index contributed by atoms with van der Waals surface area (Å²) < 4.78 is 0. The third-order valence-corrected chi connectivity index (χ3v) is 3.97. The number of nitrogens with two attached hydrogens (primary N) is 1. The first kappa shape index (κ1) is 10.2. The summed E-state index contributed by atoms with van der Waals surface area (Å²) in [5, 5.41) is 3.34. The fourth-order valence-corrected chi connectivity index (χ4v) is 2.13. The molecule has 4 heteroatoms. The normalized spacial score (nSPS) is 22.4. The minimum atomic E-state index is 0.279. The second kappa shape index (κ2) is 2.84. The molecule has 1 aliphatic carbocycles. The van der Waals surface area contributed by atoms with E-state index in [0.29, 0.717) is 17.8 Å². The van der Waals surface area contributed by atoms with Crippen LogP contribution in [0.5, 0.6) is 0 Å². The van der Waals surface area contributed by atoms with Crippen molar-refractivity contribution in [1.82, 2.24) is 9.97 Å². The maximum atomic E-state index is 5.60. The molecule has 1 heterocycles. The predicted molar refractivity (Wildman–Crippen MR) is 61.4 cm³/mol. The summed E-state index contributed by atoms with van der Waals surface area (Å²) in [6.07, 6.45) is 1.67. The Morgan fingerprint density at radius 2 is 1.87 bits per heavy atom. The smallest absolute Gasteiger partial charge is 0.224 e. The zero-order valence-electron chi connectivity index (χ0n) is 9.70. The van der Waals surface area contributed by atoms with Gasteiger partial charge in [-0.25, -0.2) is 4.98 Å². The van der Waals surface area contributed by atoms with Gasteiger partial charge in [0.05, 0.1) is 0 Å². The molecule has 0 bridgehead atoms. The lowest BCUT2D eigenvalue weighted by Crippen LogP contribution is -2.13. The van der Waals surface area contributed by atoms with Gasteiger partial charge in [-0.1, -0.05) is 27.7 Å². The van der Waals surface area contributed by atoms with E-state index in [1.165, 1.54) is 0 Å². The van der Waals surface area contributed by atoms with Crippen molar-refractivity contribution in [3.8, 4) is 0 Å². The van der Waals surface area contributed by atoms with Crippen molar-refractivity contribution in [3.05, 3.63) is 12.3 Å². The molecule has 0 saturated heterocycles. The molecule has 0 aliphatic heterocycles. The molecule has 1 saturated carbocycles. The van der Waals surface area contributed by atoms with Gasteiger partial charge in [-0.05, 0) is 16.9 Å². The highest BCUT2D eigenvalue weighted by atomic mass is 15.2. The molecule has 1 aromatic heterocycles. The number of anilines is 2. The van der Waals surface area contributed by atoms with Crippen molar-refractivity contribution in [2.45, 2.75) is 33.7 Å². The van der Waals surface area contributed by atoms with E-state index in [2.05, 4.69) is 43.0 Å². The first-order chi connectivity index (χ1) is 6.85. The summed E-state index contributed by atoms with van der Waals surface area (Å²) in [5.74, 6) is 1.13. The van der Waals surface area contributed by atoms with Crippen LogP contribution in [0.25, 0.3) is 0 Å². The summed E-state index contributed by atoms with van der Waals surface area (Å²) in [5.41, 5.74) is 6.16. The number of aromatic nitrogens is 2. The van der Waals surface area contributed by atoms with E-state index >= 15 is 0 Å². The van der Waals surface area contributed by atoms with Gasteiger partial charge in [-0.2, -0.15) is 4.98 Å². The predicted octanol–water partition coefficient (Wildman–Crippen LogP) is 1.91. The molecule has 2 rings (SSSR count). The SMILES string of the molecule is CC1(C)C(Nc2nccc(N)n2)C1(C)C. The molecule has 0 unspecified atom stereocenters. The van der Waals surface area contributed by atoms with Gasteiger partial charge in [0.2, 0.25) is 5.95 Å². The van der Waals surface area contributed by atoms with E-state index in [1.54, 1.807) is 12.3 Å². The fraction of sp³-hybridized carbons (Fsp3) is 0.636. The Morgan fingerprint density at radius 3 is 2.33 bits per heavy atom. The Labute approximate surface area is 90.3 Å². The molecule has 0 aromatic carbocycles. The molecule has 1 fully saturated rings. The Kier molecular flexibility index (Phi) is 1.93. The second-order valence-electron chi connectivity index (χ2n) is 5.33. The maximum Gasteiger partial charge on any atom is 0.224 e. The Bertz CT molecular complexity index is 370. The summed E-state index contributed by atoms with van der Waals surface area (Å²) in [6, 6.07) is 2.10. The van der Waals surface area contributed by atoms with Crippen molar-refractivity contribution < 1.29 is 0 Å². The van der Waals surface area contributed by atoms with Gasteiger partial charge in [0.1, 0.15) is 5.82 Å². The summed E-state index contributed by atoms with van der Waals surface area (Å²) in [6.45, 7) is 8.99. The van der Waals surface area contributed by atoms with Gasteiger partial charge < -0.3 is 11.1 Å². The molecule has 15 heavy (non-hydrogen) atoms. The topological polar surface area (TPSA) is 63.8 Å². The zero-order valence-corrected chi connectivity index (χ0v) is 9.70. The van der Waals surface area contributed by atoms with Crippen molar-refractivity contribution >= 4 is 11.8 Å². The van der Waals surface area contributed by atoms with Crippen molar-refractivity contribution in [3.63, 3.8) is 0 Å². The van der Waals surface area contributed by atoms with Crippen LogP contribution in [0.1, 0.15) is 27.7 Å². The van der Waals surface area contributed by atoms with Crippen LogP contribution in [-0.4, -0.2) is 16.0 Å². The number of nitrogen functional groups attached to an aromatic ring is 1. The number of rotatable bonds is 2. The monoisotopic (exact) mass is 206 g/mol. The van der Waals surface area contributed by atoms with Gasteiger partial charge in [0.15, 0.2) is 0 Å². The average Bonchev–Trinajstić information content (AvgIpc) is 2.48. The molecule has 0 amide bonds.